The number of hydrogen-bond donors (Lipinski definition) is 1. The number of thioether (sulfide) groups is 1. The third-order valence-corrected chi connectivity index (χ3v) is 11.9. The van der Waals surface area contributed by atoms with E-state index in [0.717, 1.165) is 44.9 Å². The lowest BCUT2D eigenvalue weighted by atomic mass is 9.47. The molecule has 0 aromatic carbocycles. The number of allylic oxidation sites excluding steroid dienone is 1. The van der Waals surface area contributed by atoms with Gasteiger partial charge in [-0.05, 0) is 74.0 Å². The van der Waals surface area contributed by atoms with Gasteiger partial charge in [-0.2, -0.15) is 12.6 Å². The first-order chi connectivity index (χ1) is 14.4. The number of fused-ring (bicyclic) bond motifs is 5. The first-order valence-corrected chi connectivity index (χ1v) is 13.0. The van der Waals surface area contributed by atoms with Crippen LogP contribution in [0.15, 0.2) is 11.6 Å². The summed E-state index contributed by atoms with van der Waals surface area (Å²) in [5.41, 5.74) is 1.42. The average molecular weight is 465 g/mol. The Morgan fingerprint density at radius 2 is 1.81 bits per heavy atom. The van der Waals surface area contributed by atoms with E-state index in [4.69, 9.17) is 17.4 Å². The smallest absolute Gasteiger partial charge is 0.302 e. The van der Waals surface area contributed by atoms with Crippen LogP contribution in [-0.4, -0.2) is 33.0 Å². The molecule has 4 nitrogen and oxygen atoms in total. The van der Waals surface area contributed by atoms with Crippen molar-refractivity contribution in [2.45, 2.75) is 95.7 Å². The molecule has 4 rings (SSSR count). The second-order valence-corrected chi connectivity index (χ2v) is 12.9. The highest BCUT2D eigenvalue weighted by Gasteiger charge is 2.68. The predicted octanol–water partition coefficient (Wildman–Crippen LogP) is 5.40. The van der Waals surface area contributed by atoms with E-state index in [-0.39, 0.29) is 39.1 Å². The van der Waals surface area contributed by atoms with Gasteiger partial charge in [0.05, 0.1) is 4.75 Å². The monoisotopic (exact) mass is 464 g/mol. The number of ketones is 1. The van der Waals surface area contributed by atoms with E-state index in [1.54, 1.807) is 13.8 Å². The zero-order chi connectivity index (χ0) is 22.8. The van der Waals surface area contributed by atoms with Gasteiger partial charge in [-0.15, -0.1) is 0 Å². The summed E-state index contributed by atoms with van der Waals surface area (Å²) in [5.74, 6) is 1.41. The molecule has 31 heavy (non-hydrogen) atoms. The minimum absolute atomic E-state index is 0.00728. The molecule has 3 unspecified atom stereocenters. The third-order valence-electron chi connectivity index (χ3n) is 9.43. The molecule has 4 aliphatic rings. The Morgan fingerprint density at radius 1 is 1.10 bits per heavy atom. The van der Waals surface area contributed by atoms with E-state index in [0.29, 0.717) is 17.8 Å². The van der Waals surface area contributed by atoms with E-state index in [9.17, 15) is 14.4 Å². The fraction of sp³-hybridized carbons (Fsp3) is 0.800. The lowest BCUT2D eigenvalue weighted by Crippen LogP contribution is -2.56. The van der Waals surface area contributed by atoms with E-state index >= 15 is 0 Å². The van der Waals surface area contributed by atoms with Crippen LogP contribution in [0.1, 0.15) is 79.6 Å². The van der Waals surface area contributed by atoms with Gasteiger partial charge in [0.2, 0.25) is 0 Å². The summed E-state index contributed by atoms with van der Waals surface area (Å²) >= 11 is 6.41. The molecule has 0 aromatic rings. The highest BCUT2D eigenvalue weighted by atomic mass is 32.2. The first kappa shape index (κ1) is 23.4. The lowest BCUT2D eigenvalue weighted by Gasteiger charge is -2.59. The van der Waals surface area contributed by atoms with Crippen molar-refractivity contribution in [1.82, 2.24) is 0 Å². The van der Waals surface area contributed by atoms with Crippen LogP contribution in [0.2, 0.25) is 0 Å². The van der Waals surface area contributed by atoms with Gasteiger partial charge >= 0.3 is 5.97 Å². The molecular formula is C25H36O4S2. The molecule has 0 bridgehead atoms. The Morgan fingerprint density at radius 3 is 2.42 bits per heavy atom. The number of rotatable bonds is 3. The minimum Gasteiger partial charge on any atom is -0.462 e. The summed E-state index contributed by atoms with van der Waals surface area (Å²) in [6.07, 6.45) is 9.23. The maximum absolute atomic E-state index is 12.9. The van der Waals surface area contributed by atoms with Crippen molar-refractivity contribution in [3.8, 4) is 0 Å². The number of hydrogen-bond acceptors (Lipinski definition) is 6. The number of Topliss-reactive ketones (excluding diaryl/α,β-unsaturated/α-hetero) is 1. The summed E-state index contributed by atoms with van der Waals surface area (Å²) in [7, 11) is 0. The standard InChI is InChI=1S/C25H36O4S2/c1-14(26)25(30)22(31-16(3)28)13-21-19-7-6-17-12-18(29-15(2)27)8-10-23(17,4)20(19)9-11-24(21,25)5/h6,18-22,30H,7-13H2,1-5H3/t18-,19?,20?,21?,22-,23-,24-,25+/m0/s1. The van der Waals surface area contributed by atoms with Gasteiger partial charge in [0.25, 0.3) is 0 Å². The number of ether oxygens (including phenoxy) is 1. The molecule has 0 heterocycles. The molecule has 3 fully saturated rings. The number of thiol groups is 1. The SMILES string of the molecule is CC(=O)O[C@H]1CC[C@@]2(C)C(=CCC3C2CC[C@@]2(C)C3C[C@H](SC(C)=O)[C@]2(S)C(C)=O)C1. The van der Waals surface area contributed by atoms with Gasteiger partial charge < -0.3 is 4.74 Å². The van der Waals surface area contributed by atoms with Gasteiger partial charge in [0.15, 0.2) is 5.12 Å². The normalized spacial score (nSPS) is 46.3. The van der Waals surface area contributed by atoms with E-state index in [1.165, 1.54) is 24.3 Å². The van der Waals surface area contributed by atoms with Crippen molar-refractivity contribution in [2.75, 3.05) is 0 Å². The second kappa shape index (κ2) is 7.93. The van der Waals surface area contributed by atoms with E-state index in [2.05, 4.69) is 19.9 Å². The van der Waals surface area contributed by atoms with Gasteiger partial charge in [-0.1, -0.05) is 37.3 Å². The zero-order valence-electron chi connectivity index (χ0n) is 19.4. The summed E-state index contributed by atoms with van der Waals surface area (Å²) in [6.45, 7) is 9.44. The molecule has 0 amide bonds. The minimum atomic E-state index is -0.753. The number of carbonyl (C=O) groups excluding carboxylic acids is 3. The van der Waals surface area contributed by atoms with Crippen LogP contribution in [0.3, 0.4) is 0 Å². The molecule has 0 radical (unpaired) electrons. The number of carbonyl (C=O) groups is 3. The van der Waals surface area contributed by atoms with E-state index < -0.39 is 4.75 Å². The molecule has 0 aliphatic heterocycles. The zero-order valence-corrected chi connectivity index (χ0v) is 21.1. The molecule has 0 spiro atoms. The molecule has 8 atom stereocenters. The Labute approximate surface area is 196 Å². The van der Waals surface area contributed by atoms with Crippen molar-refractivity contribution in [1.29, 1.82) is 0 Å². The van der Waals surface area contributed by atoms with Crippen molar-refractivity contribution < 1.29 is 19.1 Å². The topological polar surface area (TPSA) is 60.4 Å². The number of esters is 1. The Kier molecular flexibility index (Phi) is 5.99. The Hall–Kier alpha value is -0.750. The maximum Gasteiger partial charge on any atom is 0.302 e. The largest absolute Gasteiger partial charge is 0.462 e. The van der Waals surface area contributed by atoms with E-state index in [1.807, 2.05) is 0 Å². The van der Waals surface area contributed by atoms with Crippen molar-refractivity contribution in [3.05, 3.63) is 11.6 Å². The summed E-state index contributed by atoms with van der Waals surface area (Å²) < 4.78 is 4.80. The Balaban J connectivity index is 1.65. The first-order valence-electron chi connectivity index (χ1n) is 11.7. The molecule has 0 N–H and O–H groups in total. The van der Waals surface area contributed by atoms with Gasteiger partial charge in [0, 0.05) is 25.5 Å². The van der Waals surface area contributed by atoms with Gasteiger partial charge in [0.1, 0.15) is 11.9 Å². The van der Waals surface area contributed by atoms with Crippen molar-refractivity contribution in [3.63, 3.8) is 0 Å². The van der Waals surface area contributed by atoms with Crippen molar-refractivity contribution in [2.24, 2.45) is 28.6 Å². The lowest BCUT2D eigenvalue weighted by molar-refractivity contribution is -0.148. The Bertz CT molecular complexity index is 837. The van der Waals surface area contributed by atoms with Crippen LogP contribution in [0.5, 0.6) is 0 Å². The van der Waals surface area contributed by atoms with Crippen LogP contribution in [0.25, 0.3) is 0 Å². The molecule has 3 saturated carbocycles. The molecule has 6 heteroatoms. The van der Waals surface area contributed by atoms with Crippen LogP contribution in [0, 0.1) is 28.6 Å². The van der Waals surface area contributed by atoms with Crippen LogP contribution in [0.4, 0.5) is 0 Å². The molecule has 0 saturated heterocycles. The molecule has 0 aromatic heterocycles. The maximum atomic E-state index is 12.9. The van der Waals surface area contributed by atoms with Crippen LogP contribution < -0.4 is 0 Å². The molecule has 172 valence electrons. The third kappa shape index (κ3) is 3.46. The summed E-state index contributed by atoms with van der Waals surface area (Å²) in [5, 5.41) is 0.0162. The van der Waals surface area contributed by atoms with Gasteiger partial charge in [-0.25, -0.2) is 0 Å². The second-order valence-electron chi connectivity index (χ2n) is 10.8. The molecule has 4 aliphatic carbocycles. The van der Waals surface area contributed by atoms with Crippen molar-refractivity contribution >= 4 is 41.3 Å². The fourth-order valence-electron chi connectivity index (χ4n) is 7.92. The highest BCUT2D eigenvalue weighted by Crippen LogP contribution is 2.70. The van der Waals surface area contributed by atoms with Gasteiger partial charge in [-0.3, -0.25) is 14.4 Å². The predicted molar refractivity (Wildman–Crippen MR) is 127 cm³/mol. The fourth-order valence-corrected chi connectivity index (χ4v) is 9.77. The van der Waals surface area contributed by atoms with Crippen LogP contribution in [-0.2, 0) is 19.1 Å². The quantitative estimate of drug-likeness (QED) is 0.344. The molecular weight excluding hydrogens is 428 g/mol. The average Bonchev–Trinajstić information content (AvgIpc) is 2.90. The van der Waals surface area contributed by atoms with Crippen LogP contribution >= 0.6 is 24.4 Å². The summed E-state index contributed by atoms with van der Waals surface area (Å²) in [4.78, 5) is 36.4. The summed E-state index contributed by atoms with van der Waals surface area (Å²) in [6, 6.07) is 0. The highest BCUT2D eigenvalue weighted by molar-refractivity contribution is 8.14.